The number of halogens is 2. The summed E-state index contributed by atoms with van der Waals surface area (Å²) in [5, 5.41) is 1.04. The van der Waals surface area contributed by atoms with Crippen LogP contribution in [0.1, 0.15) is 5.56 Å². The van der Waals surface area contributed by atoms with Crippen molar-refractivity contribution in [1.82, 2.24) is 14.9 Å². The van der Waals surface area contributed by atoms with E-state index in [1.807, 2.05) is 18.2 Å². The van der Waals surface area contributed by atoms with Crippen molar-refractivity contribution < 1.29 is 13.5 Å². The second-order valence-electron chi connectivity index (χ2n) is 6.13. The van der Waals surface area contributed by atoms with Gasteiger partial charge in [-0.15, -0.1) is 0 Å². The van der Waals surface area contributed by atoms with Gasteiger partial charge in [-0.1, -0.05) is 23.5 Å². The van der Waals surface area contributed by atoms with Gasteiger partial charge in [0, 0.05) is 38.9 Å². The Balaban J connectivity index is 1.33. The molecular formula is C18H18F2N4OS. The lowest BCUT2D eigenvalue weighted by molar-refractivity contribution is -0.0498. The standard InChI is InChI=1S/C18H18F2N4OS/c19-17(20)25-14-3-1-13(2-4-14)12-23-7-9-24(10-8-23)18-22-15-11-21-6-5-16(15)26-18/h1-6,11,17H,7-10,12H2. The van der Waals surface area contributed by atoms with E-state index in [0.29, 0.717) is 0 Å². The van der Waals surface area contributed by atoms with E-state index in [-0.39, 0.29) is 5.75 Å². The van der Waals surface area contributed by atoms with Gasteiger partial charge in [0.25, 0.3) is 0 Å². The molecule has 4 rings (SSSR count). The van der Waals surface area contributed by atoms with Gasteiger partial charge in [0.15, 0.2) is 5.13 Å². The Morgan fingerprint density at radius 3 is 2.54 bits per heavy atom. The lowest BCUT2D eigenvalue weighted by atomic mass is 10.2. The average molecular weight is 376 g/mol. The summed E-state index contributed by atoms with van der Waals surface area (Å²) < 4.78 is 29.9. The molecule has 0 radical (unpaired) electrons. The second-order valence-corrected chi connectivity index (χ2v) is 7.13. The van der Waals surface area contributed by atoms with Crippen LogP contribution in [0, 0.1) is 0 Å². The monoisotopic (exact) mass is 376 g/mol. The van der Waals surface area contributed by atoms with E-state index in [2.05, 4.69) is 24.5 Å². The summed E-state index contributed by atoms with van der Waals surface area (Å²) >= 11 is 1.70. The van der Waals surface area contributed by atoms with Crippen molar-refractivity contribution in [3.63, 3.8) is 0 Å². The molecule has 0 atom stereocenters. The first kappa shape index (κ1) is 17.1. The van der Waals surface area contributed by atoms with Crippen LogP contribution >= 0.6 is 11.3 Å². The summed E-state index contributed by atoms with van der Waals surface area (Å²) in [5.41, 5.74) is 2.03. The maximum atomic E-state index is 12.2. The molecule has 0 bridgehead atoms. The minimum atomic E-state index is -2.78. The van der Waals surface area contributed by atoms with Gasteiger partial charge in [-0.25, -0.2) is 4.98 Å². The molecule has 5 nitrogen and oxygen atoms in total. The molecule has 26 heavy (non-hydrogen) atoms. The Hall–Kier alpha value is -2.32. The van der Waals surface area contributed by atoms with Gasteiger partial charge in [-0.2, -0.15) is 8.78 Å². The van der Waals surface area contributed by atoms with Crippen LogP contribution in [0.4, 0.5) is 13.9 Å². The first-order valence-corrected chi connectivity index (χ1v) is 9.20. The van der Waals surface area contributed by atoms with Crippen LogP contribution in [-0.2, 0) is 6.54 Å². The average Bonchev–Trinajstić information content (AvgIpc) is 3.08. The number of hydrogen-bond acceptors (Lipinski definition) is 6. The SMILES string of the molecule is FC(F)Oc1ccc(CN2CCN(c3nc4cnccc4s3)CC2)cc1. The van der Waals surface area contributed by atoms with Crippen LogP contribution < -0.4 is 9.64 Å². The third kappa shape index (κ3) is 3.91. The number of fused-ring (bicyclic) bond motifs is 1. The first-order valence-electron chi connectivity index (χ1n) is 8.39. The number of anilines is 1. The molecule has 1 saturated heterocycles. The number of pyridine rings is 1. The lowest BCUT2D eigenvalue weighted by Crippen LogP contribution is -2.45. The van der Waals surface area contributed by atoms with E-state index < -0.39 is 6.61 Å². The zero-order valence-corrected chi connectivity index (χ0v) is 14.8. The van der Waals surface area contributed by atoms with Crippen LogP contribution in [0.3, 0.4) is 0 Å². The quantitative estimate of drug-likeness (QED) is 0.680. The van der Waals surface area contributed by atoms with E-state index in [4.69, 9.17) is 0 Å². The molecule has 0 unspecified atom stereocenters. The van der Waals surface area contributed by atoms with Crippen LogP contribution in [0.25, 0.3) is 10.2 Å². The molecule has 3 heterocycles. The van der Waals surface area contributed by atoms with E-state index in [1.165, 1.54) is 0 Å². The van der Waals surface area contributed by atoms with Gasteiger partial charge in [0.2, 0.25) is 0 Å². The van der Waals surface area contributed by atoms with E-state index in [1.54, 1.807) is 35.9 Å². The van der Waals surface area contributed by atoms with Crippen molar-refractivity contribution in [2.75, 3.05) is 31.1 Å². The molecule has 0 saturated carbocycles. The molecule has 0 spiro atoms. The number of aromatic nitrogens is 2. The fraction of sp³-hybridized carbons (Fsp3) is 0.333. The number of alkyl halides is 2. The molecule has 0 aliphatic carbocycles. The summed E-state index contributed by atoms with van der Waals surface area (Å²) in [6.07, 6.45) is 3.59. The van der Waals surface area contributed by atoms with Crippen LogP contribution in [0.2, 0.25) is 0 Å². The Kier molecular flexibility index (Phi) is 4.94. The third-order valence-electron chi connectivity index (χ3n) is 4.38. The fourth-order valence-electron chi connectivity index (χ4n) is 3.03. The molecule has 0 amide bonds. The Morgan fingerprint density at radius 2 is 1.85 bits per heavy atom. The Morgan fingerprint density at radius 1 is 1.08 bits per heavy atom. The topological polar surface area (TPSA) is 41.5 Å². The van der Waals surface area contributed by atoms with Crippen molar-refractivity contribution >= 4 is 26.7 Å². The number of thiazole rings is 1. The second kappa shape index (κ2) is 7.51. The number of nitrogens with zero attached hydrogens (tertiary/aromatic N) is 4. The predicted octanol–water partition coefficient (Wildman–Crippen LogP) is 3.61. The molecule has 1 aliphatic rings. The highest BCUT2D eigenvalue weighted by Gasteiger charge is 2.20. The smallest absolute Gasteiger partial charge is 0.387 e. The molecule has 1 fully saturated rings. The van der Waals surface area contributed by atoms with E-state index >= 15 is 0 Å². The highest BCUT2D eigenvalue weighted by atomic mass is 32.1. The van der Waals surface area contributed by atoms with Gasteiger partial charge in [0.1, 0.15) is 11.3 Å². The molecule has 8 heteroatoms. The lowest BCUT2D eigenvalue weighted by Gasteiger charge is -2.34. The summed E-state index contributed by atoms with van der Waals surface area (Å²) in [6.45, 7) is 1.71. The predicted molar refractivity (Wildman–Crippen MR) is 98.0 cm³/mol. The minimum absolute atomic E-state index is 0.193. The first-order chi connectivity index (χ1) is 12.7. The van der Waals surface area contributed by atoms with Crippen LogP contribution in [0.15, 0.2) is 42.7 Å². The normalized spacial score (nSPS) is 15.7. The Labute approximate surface area is 153 Å². The molecule has 1 aromatic carbocycles. The molecule has 136 valence electrons. The minimum Gasteiger partial charge on any atom is -0.435 e. The third-order valence-corrected chi connectivity index (χ3v) is 5.47. The van der Waals surface area contributed by atoms with Crippen molar-refractivity contribution in [3.05, 3.63) is 48.3 Å². The van der Waals surface area contributed by atoms with Crippen molar-refractivity contribution in [3.8, 4) is 5.75 Å². The Bertz CT molecular complexity index is 830. The van der Waals surface area contributed by atoms with Gasteiger partial charge >= 0.3 is 6.61 Å². The van der Waals surface area contributed by atoms with Crippen molar-refractivity contribution in [1.29, 1.82) is 0 Å². The highest BCUT2D eigenvalue weighted by Crippen LogP contribution is 2.28. The summed E-state index contributed by atoms with van der Waals surface area (Å²) in [5.74, 6) is 0.193. The molecular weight excluding hydrogens is 358 g/mol. The van der Waals surface area contributed by atoms with E-state index in [0.717, 1.165) is 53.6 Å². The molecule has 0 N–H and O–H groups in total. The number of rotatable bonds is 5. The maximum absolute atomic E-state index is 12.2. The summed E-state index contributed by atoms with van der Waals surface area (Å²) in [7, 11) is 0. The van der Waals surface area contributed by atoms with Gasteiger partial charge in [-0.05, 0) is 23.8 Å². The number of benzene rings is 1. The number of piperazine rings is 1. The zero-order valence-electron chi connectivity index (χ0n) is 14.0. The highest BCUT2D eigenvalue weighted by molar-refractivity contribution is 7.22. The largest absolute Gasteiger partial charge is 0.435 e. The van der Waals surface area contributed by atoms with Gasteiger partial charge < -0.3 is 9.64 Å². The van der Waals surface area contributed by atoms with Crippen molar-refractivity contribution in [2.45, 2.75) is 13.2 Å². The van der Waals surface area contributed by atoms with Crippen molar-refractivity contribution in [2.24, 2.45) is 0 Å². The number of ether oxygens (including phenoxy) is 1. The molecule has 2 aromatic heterocycles. The van der Waals surface area contributed by atoms with Gasteiger partial charge in [0.05, 0.1) is 10.9 Å². The van der Waals surface area contributed by atoms with Crippen LogP contribution in [-0.4, -0.2) is 47.7 Å². The summed E-state index contributed by atoms with van der Waals surface area (Å²) in [6, 6.07) is 8.85. The number of hydrogen-bond donors (Lipinski definition) is 0. The summed E-state index contributed by atoms with van der Waals surface area (Å²) in [4.78, 5) is 13.4. The van der Waals surface area contributed by atoms with Gasteiger partial charge in [-0.3, -0.25) is 9.88 Å². The zero-order chi connectivity index (χ0) is 17.9. The van der Waals surface area contributed by atoms with Crippen LogP contribution in [0.5, 0.6) is 5.75 Å². The van der Waals surface area contributed by atoms with E-state index in [9.17, 15) is 8.78 Å². The maximum Gasteiger partial charge on any atom is 0.387 e. The molecule has 3 aromatic rings. The molecule has 1 aliphatic heterocycles. The fourth-order valence-corrected chi connectivity index (χ4v) is 4.02.